The molecule has 0 saturated heterocycles. The molecule has 0 aliphatic rings. The molecule has 3 rings (SSSR count). The van der Waals surface area contributed by atoms with Crippen LogP contribution in [-0.2, 0) is 6.54 Å². The van der Waals surface area contributed by atoms with Gasteiger partial charge in [-0.1, -0.05) is 40.2 Å². The van der Waals surface area contributed by atoms with Crippen molar-refractivity contribution in [2.45, 2.75) is 27.3 Å². The Morgan fingerprint density at radius 1 is 1.10 bits per heavy atom. The van der Waals surface area contributed by atoms with Crippen LogP contribution in [0.1, 0.15) is 22.7 Å². The van der Waals surface area contributed by atoms with E-state index in [1.165, 1.54) is 11.1 Å². The number of benzene rings is 1. The van der Waals surface area contributed by atoms with E-state index in [0.717, 1.165) is 5.69 Å². The van der Waals surface area contributed by atoms with E-state index < -0.39 is 0 Å². The molecule has 0 atom stereocenters. The molecule has 0 spiro atoms. The summed E-state index contributed by atoms with van der Waals surface area (Å²) in [6.45, 7) is 6.45. The fourth-order valence-electron chi connectivity index (χ4n) is 1.98. The highest BCUT2D eigenvalue weighted by Gasteiger charge is 2.15. The lowest BCUT2D eigenvalue weighted by Crippen LogP contribution is -2.04. The van der Waals surface area contributed by atoms with Crippen molar-refractivity contribution < 1.29 is 4.52 Å². The van der Waals surface area contributed by atoms with Crippen LogP contribution in [-0.4, -0.2) is 25.1 Å². The van der Waals surface area contributed by atoms with Gasteiger partial charge in [0.05, 0.1) is 12.2 Å². The molecule has 0 unspecified atom stereocenters. The zero-order valence-corrected chi connectivity index (χ0v) is 11.7. The van der Waals surface area contributed by atoms with Gasteiger partial charge in [0.15, 0.2) is 5.69 Å². The fourth-order valence-corrected chi connectivity index (χ4v) is 1.98. The molecule has 3 aromatic rings. The molecule has 0 saturated carbocycles. The molecule has 6 heteroatoms. The summed E-state index contributed by atoms with van der Waals surface area (Å²) < 4.78 is 6.82. The van der Waals surface area contributed by atoms with Gasteiger partial charge in [0.1, 0.15) is 0 Å². The minimum atomic E-state index is 0.482. The van der Waals surface area contributed by atoms with Gasteiger partial charge >= 0.3 is 0 Å². The Kier molecular flexibility index (Phi) is 3.06. The smallest absolute Gasteiger partial charge is 0.224 e. The van der Waals surface area contributed by atoms with Crippen molar-refractivity contribution in [3.8, 4) is 11.5 Å². The first-order valence-electron chi connectivity index (χ1n) is 6.40. The van der Waals surface area contributed by atoms with Crippen LogP contribution in [0.25, 0.3) is 11.5 Å². The standard InChI is InChI=1S/C14H15N5O/c1-9-4-6-12(7-5-9)8-19-10(2)13(16-18-19)14-15-11(3)20-17-14/h4-7H,8H2,1-3H3. The van der Waals surface area contributed by atoms with E-state index >= 15 is 0 Å². The molecule has 6 nitrogen and oxygen atoms in total. The Balaban J connectivity index is 1.88. The fraction of sp³-hybridized carbons (Fsp3) is 0.286. The van der Waals surface area contributed by atoms with Crippen molar-refractivity contribution in [3.05, 3.63) is 47.0 Å². The van der Waals surface area contributed by atoms with E-state index in [1.54, 1.807) is 6.92 Å². The maximum Gasteiger partial charge on any atom is 0.224 e. The molecule has 102 valence electrons. The first-order chi connectivity index (χ1) is 9.63. The molecule has 0 radical (unpaired) electrons. The SMILES string of the molecule is Cc1ccc(Cn2nnc(-c3noc(C)n3)c2C)cc1. The third kappa shape index (κ3) is 2.32. The quantitative estimate of drug-likeness (QED) is 0.729. The first-order valence-corrected chi connectivity index (χ1v) is 6.40. The van der Waals surface area contributed by atoms with Gasteiger partial charge in [0.2, 0.25) is 11.7 Å². The summed E-state index contributed by atoms with van der Waals surface area (Å²) in [4.78, 5) is 4.18. The Labute approximate surface area is 116 Å². The van der Waals surface area contributed by atoms with Crippen LogP contribution in [0.3, 0.4) is 0 Å². The van der Waals surface area contributed by atoms with Crippen LogP contribution < -0.4 is 0 Å². The normalized spacial score (nSPS) is 10.9. The topological polar surface area (TPSA) is 69.6 Å². The highest BCUT2D eigenvalue weighted by atomic mass is 16.5. The summed E-state index contributed by atoms with van der Waals surface area (Å²) in [7, 11) is 0. The summed E-state index contributed by atoms with van der Waals surface area (Å²) in [6.07, 6.45) is 0. The average Bonchev–Trinajstić information content (AvgIpc) is 3.00. The van der Waals surface area contributed by atoms with Gasteiger partial charge < -0.3 is 4.52 Å². The minimum absolute atomic E-state index is 0.482. The lowest BCUT2D eigenvalue weighted by atomic mass is 10.1. The van der Waals surface area contributed by atoms with E-state index in [0.29, 0.717) is 24.0 Å². The van der Waals surface area contributed by atoms with Crippen molar-refractivity contribution in [1.29, 1.82) is 0 Å². The summed E-state index contributed by atoms with van der Waals surface area (Å²) >= 11 is 0. The van der Waals surface area contributed by atoms with Crippen molar-refractivity contribution in [2.24, 2.45) is 0 Å². The molecule has 0 fully saturated rings. The van der Waals surface area contributed by atoms with E-state index in [4.69, 9.17) is 4.52 Å². The van der Waals surface area contributed by atoms with Crippen LogP contribution >= 0.6 is 0 Å². The van der Waals surface area contributed by atoms with E-state index in [2.05, 4.69) is 51.6 Å². The average molecular weight is 269 g/mol. The first kappa shape index (κ1) is 12.5. The number of hydrogen-bond acceptors (Lipinski definition) is 5. The highest BCUT2D eigenvalue weighted by molar-refractivity contribution is 5.50. The van der Waals surface area contributed by atoms with Crippen LogP contribution in [0.5, 0.6) is 0 Å². The Morgan fingerprint density at radius 3 is 2.50 bits per heavy atom. The molecule has 2 aromatic heterocycles. The number of aryl methyl sites for hydroxylation is 2. The molecule has 0 amide bonds. The lowest BCUT2D eigenvalue weighted by molar-refractivity contribution is 0.394. The molecular formula is C14H15N5O. The van der Waals surface area contributed by atoms with Crippen molar-refractivity contribution >= 4 is 0 Å². The van der Waals surface area contributed by atoms with Gasteiger partial charge in [-0.15, -0.1) is 5.10 Å². The monoisotopic (exact) mass is 269 g/mol. The zero-order chi connectivity index (χ0) is 14.1. The predicted octanol–water partition coefficient (Wildman–Crippen LogP) is 2.30. The summed E-state index contributed by atoms with van der Waals surface area (Å²) in [5, 5.41) is 12.2. The van der Waals surface area contributed by atoms with Crippen molar-refractivity contribution in [1.82, 2.24) is 25.1 Å². The number of rotatable bonds is 3. The largest absolute Gasteiger partial charge is 0.339 e. The molecule has 0 bridgehead atoms. The maximum atomic E-state index is 4.98. The molecule has 0 N–H and O–H groups in total. The molecule has 1 aromatic carbocycles. The zero-order valence-electron chi connectivity index (χ0n) is 11.7. The second-order valence-corrected chi connectivity index (χ2v) is 4.80. The lowest BCUT2D eigenvalue weighted by Gasteiger charge is -2.04. The Morgan fingerprint density at radius 2 is 1.85 bits per heavy atom. The Bertz CT molecular complexity index is 726. The molecule has 20 heavy (non-hydrogen) atoms. The molecule has 0 aliphatic carbocycles. The van der Waals surface area contributed by atoms with Gasteiger partial charge in [-0.3, -0.25) is 0 Å². The maximum absolute atomic E-state index is 4.98. The van der Waals surface area contributed by atoms with Gasteiger partial charge in [0, 0.05) is 6.92 Å². The summed E-state index contributed by atoms with van der Waals surface area (Å²) in [5.74, 6) is 1.00. The van der Waals surface area contributed by atoms with Gasteiger partial charge in [0.25, 0.3) is 0 Å². The van der Waals surface area contributed by atoms with Crippen LogP contribution in [0.4, 0.5) is 0 Å². The third-order valence-corrected chi connectivity index (χ3v) is 3.17. The Hall–Kier alpha value is -2.50. The molecule has 0 aliphatic heterocycles. The second-order valence-electron chi connectivity index (χ2n) is 4.80. The van der Waals surface area contributed by atoms with Crippen molar-refractivity contribution in [2.75, 3.05) is 0 Å². The third-order valence-electron chi connectivity index (χ3n) is 3.17. The van der Waals surface area contributed by atoms with Crippen LogP contribution in [0.15, 0.2) is 28.8 Å². The van der Waals surface area contributed by atoms with E-state index in [1.807, 2.05) is 11.6 Å². The number of aromatic nitrogens is 5. The molecule has 2 heterocycles. The van der Waals surface area contributed by atoms with Gasteiger partial charge in [-0.25, -0.2) is 4.68 Å². The van der Waals surface area contributed by atoms with Crippen LogP contribution in [0.2, 0.25) is 0 Å². The summed E-state index contributed by atoms with van der Waals surface area (Å²) in [6, 6.07) is 8.36. The van der Waals surface area contributed by atoms with Crippen molar-refractivity contribution in [3.63, 3.8) is 0 Å². The minimum Gasteiger partial charge on any atom is -0.339 e. The summed E-state index contributed by atoms with van der Waals surface area (Å²) in [5.41, 5.74) is 4.01. The van der Waals surface area contributed by atoms with Gasteiger partial charge in [-0.05, 0) is 19.4 Å². The second kappa shape index (κ2) is 4.88. The number of nitrogens with zero attached hydrogens (tertiary/aromatic N) is 5. The van der Waals surface area contributed by atoms with Gasteiger partial charge in [-0.2, -0.15) is 4.98 Å². The van der Waals surface area contributed by atoms with Crippen LogP contribution in [0, 0.1) is 20.8 Å². The van der Waals surface area contributed by atoms with E-state index in [-0.39, 0.29) is 0 Å². The predicted molar refractivity (Wildman–Crippen MR) is 73.1 cm³/mol. The van der Waals surface area contributed by atoms with E-state index in [9.17, 15) is 0 Å². The molecular weight excluding hydrogens is 254 g/mol. The number of hydrogen-bond donors (Lipinski definition) is 0. The highest BCUT2D eigenvalue weighted by Crippen LogP contribution is 2.17.